The van der Waals surface area contributed by atoms with Crippen molar-refractivity contribution in [3.63, 3.8) is 0 Å². The van der Waals surface area contributed by atoms with Crippen molar-refractivity contribution < 1.29 is 9.59 Å². The highest BCUT2D eigenvalue weighted by Crippen LogP contribution is 2.29. The monoisotopic (exact) mass is 330 g/mol. The Balaban J connectivity index is 1.56. The number of nitrogens with one attached hydrogen (secondary N) is 2. The average molecular weight is 330 g/mol. The Morgan fingerprint density at radius 3 is 2.96 bits per heavy atom. The lowest BCUT2D eigenvalue weighted by atomic mass is 10.0. The van der Waals surface area contributed by atoms with E-state index in [-0.39, 0.29) is 11.9 Å². The molecule has 1 aromatic carbocycles. The zero-order valence-electron chi connectivity index (χ0n) is 14.5. The number of benzene rings is 1. The van der Waals surface area contributed by atoms with Crippen LogP contribution in [0.1, 0.15) is 31.7 Å². The Hall–Kier alpha value is -2.08. The standard InChI is InChI=1S/C18H26N4O2/c1-3-22-10-4-5-15(22)12-19-18(24)20-14-7-8-16-13(11-14)6-9-17(23)21(16)2/h7-8,11,15H,3-6,9-10,12H2,1-2H3,(H2,19,20,24). The van der Waals surface area contributed by atoms with Crippen LogP contribution >= 0.6 is 0 Å². The molecule has 2 heterocycles. The Morgan fingerprint density at radius 1 is 1.33 bits per heavy atom. The van der Waals surface area contributed by atoms with Crippen LogP contribution in [0.3, 0.4) is 0 Å². The second-order valence-corrected chi connectivity index (χ2v) is 6.56. The number of amides is 3. The number of likely N-dealkylation sites (N-methyl/N-ethyl adjacent to an activating group) is 1. The van der Waals surface area contributed by atoms with Crippen molar-refractivity contribution in [2.24, 2.45) is 0 Å². The van der Waals surface area contributed by atoms with Crippen molar-refractivity contribution in [3.8, 4) is 0 Å². The summed E-state index contributed by atoms with van der Waals surface area (Å²) in [5.41, 5.74) is 2.80. The molecule has 3 rings (SSSR count). The first-order chi connectivity index (χ1) is 11.6. The number of carbonyl (C=O) groups is 2. The number of urea groups is 1. The van der Waals surface area contributed by atoms with Gasteiger partial charge in [-0.2, -0.15) is 0 Å². The molecular formula is C18H26N4O2. The van der Waals surface area contributed by atoms with Crippen LogP contribution in [0.2, 0.25) is 0 Å². The first kappa shape index (κ1) is 16.8. The van der Waals surface area contributed by atoms with Gasteiger partial charge in [0, 0.05) is 37.4 Å². The third kappa shape index (κ3) is 3.53. The van der Waals surface area contributed by atoms with Crippen LogP contribution in [0.5, 0.6) is 0 Å². The number of aryl methyl sites for hydroxylation is 1. The maximum Gasteiger partial charge on any atom is 0.319 e. The van der Waals surface area contributed by atoms with E-state index in [9.17, 15) is 9.59 Å². The summed E-state index contributed by atoms with van der Waals surface area (Å²) in [6, 6.07) is 5.99. The van der Waals surface area contributed by atoms with E-state index < -0.39 is 0 Å². The summed E-state index contributed by atoms with van der Waals surface area (Å²) in [7, 11) is 1.79. The summed E-state index contributed by atoms with van der Waals surface area (Å²) in [5.74, 6) is 0.137. The third-order valence-electron chi connectivity index (χ3n) is 5.08. The fraction of sp³-hybridized carbons (Fsp3) is 0.556. The van der Waals surface area contributed by atoms with E-state index in [1.165, 1.54) is 6.42 Å². The zero-order valence-corrected chi connectivity index (χ0v) is 14.5. The first-order valence-corrected chi connectivity index (χ1v) is 8.77. The summed E-state index contributed by atoms with van der Waals surface area (Å²) >= 11 is 0. The summed E-state index contributed by atoms with van der Waals surface area (Å²) < 4.78 is 0. The predicted molar refractivity (Wildman–Crippen MR) is 95.5 cm³/mol. The number of hydrogen-bond acceptors (Lipinski definition) is 3. The van der Waals surface area contributed by atoms with Gasteiger partial charge in [0.1, 0.15) is 0 Å². The Morgan fingerprint density at radius 2 is 2.17 bits per heavy atom. The smallest absolute Gasteiger partial charge is 0.319 e. The van der Waals surface area contributed by atoms with Crippen LogP contribution in [0, 0.1) is 0 Å². The molecule has 2 N–H and O–H groups in total. The number of fused-ring (bicyclic) bond motifs is 1. The van der Waals surface area contributed by atoms with Gasteiger partial charge in [-0.1, -0.05) is 6.92 Å². The zero-order chi connectivity index (χ0) is 17.1. The summed E-state index contributed by atoms with van der Waals surface area (Å²) in [6.07, 6.45) is 3.60. The summed E-state index contributed by atoms with van der Waals surface area (Å²) in [4.78, 5) is 28.0. The van der Waals surface area contributed by atoms with Crippen molar-refractivity contribution in [2.75, 3.05) is 36.9 Å². The molecule has 0 bridgehead atoms. The Bertz CT molecular complexity index is 631. The number of rotatable bonds is 4. The first-order valence-electron chi connectivity index (χ1n) is 8.77. The lowest BCUT2D eigenvalue weighted by Crippen LogP contribution is -2.41. The van der Waals surface area contributed by atoms with E-state index in [4.69, 9.17) is 0 Å². The van der Waals surface area contributed by atoms with Crippen LogP contribution in [0.15, 0.2) is 18.2 Å². The average Bonchev–Trinajstić information content (AvgIpc) is 3.04. The molecule has 1 atom stereocenters. The van der Waals surface area contributed by atoms with Gasteiger partial charge >= 0.3 is 6.03 Å². The van der Waals surface area contributed by atoms with Gasteiger partial charge in [-0.25, -0.2) is 4.79 Å². The van der Waals surface area contributed by atoms with Crippen LogP contribution in [0.25, 0.3) is 0 Å². The van der Waals surface area contributed by atoms with E-state index >= 15 is 0 Å². The molecule has 0 spiro atoms. The van der Waals surface area contributed by atoms with Gasteiger partial charge in [-0.3, -0.25) is 9.69 Å². The van der Waals surface area contributed by atoms with Gasteiger partial charge in [-0.05, 0) is 56.1 Å². The topological polar surface area (TPSA) is 64.7 Å². The fourth-order valence-corrected chi connectivity index (χ4v) is 3.66. The van der Waals surface area contributed by atoms with Crippen molar-refractivity contribution >= 4 is 23.3 Å². The molecule has 1 saturated heterocycles. The summed E-state index contributed by atoms with van der Waals surface area (Å²) in [5, 5.41) is 5.88. The number of hydrogen-bond donors (Lipinski definition) is 2. The maximum atomic E-state index is 12.1. The second-order valence-electron chi connectivity index (χ2n) is 6.56. The molecule has 6 nitrogen and oxygen atoms in total. The SMILES string of the molecule is CCN1CCCC1CNC(=O)Nc1ccc2c(c1)CCC(=O)N2C. The molecule has 24 heavy (non-hydrogen) atoms. The molecular weight excluding hydrogens is 304 g/mol. The number of nitrogens with zero attached hydrogens (tertiary/aromatic N) is 2. The highest BCUT2D eigenvalue weighted by Gasteiger charge is 2.23. The fourth-order valence-electron chi connectivity index (χ4n) is 3.66. The van der Waals surface area contributed by atoms with Gasteiger partial charge < -0.3 is 15.5 Å². The molecule has 6 heteroatoms. The molecule has 1 fully saturated rings. The minimum atomic E-state index is -0.168. The highest BCUT2D eigenvalue weighted by molar-refractivity contribution is 5.97. The molecule has 0 aromatic heterocycles. The Kier molecular flexibility index (Phi) is 5.04. The minimum Gasteiger partial charge on any atom is -0.336 e. The quantitative estimate of drug-likeness (QED) is 0.889. The van der Waals surface area contributed by atoms with Crippen LogP contribution in [0.4, 0.5) is 16.2 Å². The lowest BCUT2D eigenvalue weighted by Gasteiger charge is -2.26. The Labute approximate surface area is 143 Å². The molecule has 2 aliphatic heterocycles. The van der Waals surface area contributed by atoms with Crippen molar-refractivity contribution in [2.45, 2.75) is 38.6 Å². The normalized spacial score (nSPS) is 20.8. The molecule has 0 saturated carbocycles. The number of carbonyl (C=O) groups excluding carboxylic acids is 2. The molecule has 0 aliphatic carbocycles. The van der Waals surface area contributed by atoms with Gasteiger partial charge in [0.15, 0.2) is 0 Å². The molecule has 0 radical (unpaired) electrons. The summed E-state index contributed by atoms with van der Waals surface area (Å²) in [6.45, 7) is 5.00. The van der Waals surface area contributed by atoms with E-state index in [2.05, 4.69) is 22.5 Å². The predicted octanol–water partition coefficient (Wildman–Crippen LogP) is 2.20. The van der Waals surface area contributed by atoms with Gasteiger partial charge in [0.2, 0.25) is 5.91 Å². The third-order valence-corrected chi connectivity index (χ3v) is 5.08. The van der Waals surface area contributed by atoms with Crippen molar-refractivity contribution in [1.82, 2.24) is 10.2 Å². The maximum absolute atomic E-state index is 12.1. The van der Waals surface area contributed by atoms with Gasteiger partial charge in [-0.15, -0.1) is 0 Å². The number of anilines is 2. The van der Waals surface area contributed by atoms with E-state index in [1.54, 1.807) is 11.9 Å². The van der Waals surface area contributed by atoms with Crippen LogP contribution < -0.4 is 15.5 Å². The molecule has 130 valence electrons. The van der Waals surface area contributed by atoms with Crippen molar-refractivity contribution in [1.29, 1.82) is 0 Å². The second kappa shape index (κ2) is 7.21. The minimum absolute atomic E-state index is 0.137. The molecule has 1 aromatic rings. The highest BCUT2D eigenvalue weighted by atomic mass is 16.2. The van der Waals surface area contributed by atoms with Gasteiger partial charge in [0.05, 0.1) is 0 Å². The molecule has 3 amide bonds. The number of likely N-dealkylation sites (tertiary alicyclic amines) is 1. The lowest BCUT2D eigenvalue weighted by molar-refractivity contribution is -0.118. The van der Waals surface area contributed by atoms with Crippen LogP contribution in [-0.4, -0.2) is 49.6 Å². The van der Waals surface area contributed by atoms with E-state index in [1.807, 2.05) is 18.2 Å². The molecule has 1 unspecified atom stereocenters. The van der Waals surface area contributed by atoms with E-state index in [0.29, 0.717) is 19.0 Å². The van der Waals surface area contributed by atoms with E-state index in [0.717, 1.165) is 42.9 Å². The molecule has 2 aliphatic rings. The van der Waals surface area contributed by atoms with Crippen molar-refractivity contribution in [3.05, 3.63) is 23.8 Å². The van der Waals surface area contributed by atoms with Gasteiger partial charge in [0.25, 0.3) is 0 Å². The van der Waals surface area contributed by atoms with Crippen LogP contribution in [-0.2, 0) is 11.2 Å². The largest absolute Gasteiger partial charge is 0.336 e.